The summed E-state index contributed by atoms with van der Waals surface area (Å²) < 4.78 is 3.72. The van der Waals surface area contributed by atoms with Gasteiger partial charge in [0, 0.05) is 6.54 Å². The fraction of sp³-hybridized carbons (Fsp3) is 0.200. The first-order valence-corrected chi connectivity index (χ1v) is 5.72. The van der Waals surface area contributed by atoms with Gasteiger partial charge >= 0.3 is 5.97 Å². The molecule has 0 aliphatic rings. The van der Waals surface area contributed by atoms with E-state index in [0.717, 1.165) is 20.7 Å². The van der Waals surface area contributed by atoms with Crippen LogP contribution in [-0.4, -0.2) is 15.6 Å². The number of carboxylic acids is 1. The van der Waals surface area contributed by atoms with E-state index in [1.54, 1.807) is 12.1 Å². The third-order valence-corrected chi connectivity index (χ3v) is 3.64. The molecule has 0 bridgehead atoms. The maximum atomic E-state index is 10.8. The minimum atomic E-state index is -0.903. The van der Waals surface area contributed by atoms with Gasteiger partial charge in [-0.3, -0.25) is 0 Å². The summed E-state index contributed by atoms with van der Waals surface area (Å²) in [5.74, 6) is -0.903. The Balaban J connectivity index is 2.75. The number of rotatable bonds is 2. The Morgan fingerprint density at radius 1 is 1.60 bits per heavy atom. The third kappa shape index (κ3) is 1.68. The highest BCUT2D eigenvalue weighted by Crippen LogP contribution is 2.24. The van der Waals surface area contributed by atoms with Crippen LogP contribution < -0.4 is 0 Å². The molecule has 0 unspecified atom stereocenters. The highest BCUT2D eigenvalue weighted by molar-refractivity contribution is 7.73. The molecular formula is C10H9NO2S2. The molecule has 78 valence electrons. The fourth-order valence-corrected chi connectivity index (χ4v) is 2.99. The summed E-state index contributed by atoms with van der Waals surface area (Å²) in [4.78, 5) is 10.8. The van der Waals surface area contributed by atoms with Gasteiger partial charge in [0.05, 0.1) is 15.8 Å². The largest absolute Gasteiger partial charge is 0.478 e. The SMILES string of the molecule is CCn1c(=S)sc2cc(C(=O)O)ccc21. The zero-order valence-corrected chi connectivity index (χ0v) is 9.69. The minimum Gasteiger partial charge on any atom is -0.478 e. The molecule has 1 aromatic carbocycles. The molecule has 0 aliphatic carbocycles. The molecule has 0 amide bonds. The van der Waals surface area contributed by atoms with Crippen molar-refractivity contribution in [1.82, 2.24) is 4.57 Å². The van der Waals surface area contributed by atoms with Gasteiger partial charge in [0.25, 0.3) is 0 Å². The number of hydrogen-bond acceptors (Lipinski definition) is 3. The predicted octanol–water partition coefficient (Wildman–Crippen LogP) is 3.15. The first-order chi connectivity index (χ1) is 7.13. The van der Waals surface area contributed by atoms with Crippen LogP contribution in [0.5, 0.6) is 0 Å². The molecule has 0 saturated heterocycles. The lowest BCUT2D eigenvalue weighted by Crippen LogP contribution is -1.96. The number of carbonyl (C=O) groups is 1. The van der Waals surface area contributed by atoms with Crippen molar-refractivity contribution < 1.29 is 9.90 Å². The van der Waals surface area contributed by atoms with Crippen LogP contribution in [0.2, 0.25) is 0 Å². The van der Waals surface area contributed by atoms with Gasteiger partial charge in [0.2, 0.25) is 0 Å². The van der Waals surface area contributed by atoms with E-state index in [1.165, 1.54) is 11.3 Å². The Morgan fingerprint density at radius 3 is 2.93 bits per heavy atom. The molecule has 0 atom stereocenters. The molecule has 1 N–H and O–H groups in total. The van der Waals surface area contributed by atoms with Crippen molar-refractivity contribution in [2.45, 2.75) is 13.5 Å². The lowest BCUT2D eigenvalue weighted by molar-refractivity contribution is 0.0697. The molecule has 1 heterocycles. The molecule has 2 rings (SSSR count). The Morgan fingerprint density at radius 2 is 2.33 bits per heavy atom. The van der Waals surface area contributed by atoms with Crippen molar-refractivity contribution in [3.8, 4) is 0 Å². The predicted molar refractivity (Wildman–Crippen MR) is 63.3 cm³/mol. The second-order valence-corrected chi connectivity index (χ2v) is 4.78. The number of nitrogens with zero attached hydrogens (tertiary/aromatic N) is 1. The van der Waals surface area contributed by atoms with E-state index in [2.05, 4.69) is 0 Å². The van der Waals surface area contributed by atoms with Crippen LogP contribution in [0.15, 0.2) is 18.2 Å². The number of hydrogen-bond donors (Lipinski definition) is 1. The topological polar surface area (TPSA) is 42.2 Å². The summed E-state index contributed by atoms with van der Waals surface area (Å²) in [7, 11) is 0. The van der Waals surface area contributed by atoms with Gasteiger partial charge in [-0.1, -0.05) is 0 Å². The van der Waals surface area contributed by atoms with E-state index >= 15 is 0 Å². The van der Waals surface area contributed by atoms with Crippen LogP contribution in [0.4, 0.5) is 0 Å². The first-order valence-electron chi connectivity index (χ1n) is 4.50. The maximum Gasteiger partial charge on any atom is 0.335 e. The molecule has 3 nitrogen and oxygen atoms in total. The molecule has 0 fully saturated rings. The van der Waals surface area contributed by atoms with Gasteiger partial charge in [-0.15, -0.1) is 11.3 Å². The number of thiazole rings is 1. The van der Waals surface area contributed by atoms with E-state index in [4.69, 9.17) is 17.3 Å². The fourth-order valence-electron chi connectivity index (χ4n) is 1.50. The number of aromatic carboxylic acids is 1. The molecule has 0 radical (unpaired) electrons. The molecule has 2 aromatic rings. The summed E-state index contributed by atoms with van der Waals surface area (Å²) in [5.41, 5.74) is 1.32. The van der Waals surface area contributed by atoms with Crippen LogP contribution in [0, 0.1) is 3.95 Å². The van der Waals surface area contributed by atoms with Gasteiger partial charge in [-0.2, -0.15) is 0 Å². The second kappa shape index (κ2) is 3.75. The molecule has 0 aliphatic heterocycles. The summed E-state index contributed by atoms with van der Waals surface area (Å²) in [6.45, 7) is 2.83. The summed E-state index contributed by atoms with van der Waals surface area (Å²) >= 11 is 6.64. The Bertz CT molecular complexity index is 583. The zero-order chi connectivity index (χ0) is 11.0. The highest BCUT2D eigenvalue weighted by atomic mass is 32.1. The normalized spacial score (nSPS) is 10.7. The lowest BCUT2D eigenvalue weighted by atomic mass is 10.2. The average Bonchev–Trinajstić information content (AvgIpc) is 2.51. The van der Waals surface area contributed by atoms with Crippen LogP contribution >= 0.6 is 23.6 Å². The van der Waals surface area contributed by atoms with Crippen molar-refractivity contribution in [3.05, 3.63) is 27.7 Å². The highest BCUT2D eigenvalue weighted by Gasteiger charge is 2.07. The van der Waals surface area contributed by atoms with E-state index in [9.17, 15) is 4.79 Å². The summed E-state index contributed by atoms with van der Waals surface area (Å²) in [6.07, 6.45) is 0. The summed E-state index contributed by atoms with van der Waals surface area (Å²) in [5, 5.41) is 8.85. The van der Waals surface area contributed by atoms with Crippen LogP contribution in [0.1, 0.15) is 17.3 Å². The van der Waals surface area contributed by atoms with Gasteiger partial charge < -0.3 is 9.67 Å². The zero-order valence-electron chi connectivity index (χ0n) is 8.06. The minimum absolute atomic E-state index is 0.307. The lowest BCUT2D eigenvalue weighted by Gasteiger charge is -1.99. The molecule has 0 saturated carbocycles. The van der Waals surface area contributed by atoms with Crippen molar-refractivity contribution in [2.75, 3.05) is 0 Å². The number of fused-ring (bicyclic) bond motifs is 1. The van der Waals surface area contributed by atoms with Crippen molar-refractivity contribution in [3.63, 3.8) is 0 Å². The monoisotopic (exact) mass is 239 g/mol. The number of carboxylic acid groups (broad SMARTS) is 1. The van der Waals surface area contributed by atoms with E-state index in [-0.39, 0.29) is 0 Å². The quantitative estimate of drug-likeness (QED) is 0.819. The van der Waals surface area contributed by atoms with Gasteiger partial charge in [0.15, 0.2) is 3.95 Å². The smallest absolute Gasteiger partial charge is 0.335 e. The molecule has 5 heteroatoms. The molecular weight excluding hydrogens is 230 g/mol. The van der Waals surface area contributed by atoms with E-state index in [1.807, 2.05) is 17.6 Å². The number of aryl methyl sites for hydroxylation is 1. The van der Waals surface area contributed by atoms with Gasteiger partial charge in [-0.25, -0.2) is 4.79 Å². The second-order valence-electron chi connectivity index (χ2n) is 3.10. The standard InChI is InChI=1S/C10H9NO2S2/c1-2-11-7-4-3-6(9(12)13)5-8(7)15-10(11)14/h3-5H,2H2,1H3,(H,12,13). The molecule has 0 spiro atoms. The van der Waals surface area contributed by atoms with Crippen LogP contribution in [0.3, 0.4) is 0 Å². The first kappa shape index (κ1) is 10.3. The Hall–Kier alpha value is -1.20. The Labute approximate surface area is 95.6 Å². The molecule has 15 heavy (non-hydrogen) atoms. The van der Waals surface area contributed by atoms with Crippen molar-refractivity contribution >= 4 is 39.7 Å². The average molecular weight is 239 g/mol. The number of benzene rings is 1. The van der Waals surface area contributed by atoms with Crippen LogP contribution in [0.25, 0.3) is 10.2 Å². The molecule has 1 aromatic heterocycles. The Kier molecular flexibility index (Phi) is 2.58. The van der Waals surface area contributed by atoms with Crippen molar-refractivity contribution in [2.24, 2.45) is 0 Å². The van der Waals surface area contributed by atoms with E-state index in [0.29, 0.717) is 5.56 Å². The van der Waals surface area contributed by atoms with Gasteiger partial charge in [-0.05, 0) is 37.3 Å². The van der Waals surface area contributed by atoms with Crippen LogP contribution in [-0.2, 0) is 6.54 Å². The number of aromatic nitrogens is 1. The maximum absolute atomic E-state index is 10.8. The summed E-state index contributed by atoms with van der Waals surface area (Å²) in [6, 6.07) is 5.09. The van der Waals surface area contributed by atoms with E-state index < -0.39 is 5.97 Å². The van der Waals surface area contributed by atoms with Gasteiger partial charge in [0.1, 0.15) is 0 Å². The van der Waals surface area contributed by atoms with Crippen molar-refractivity contribution in [1.29, 1.82) is 0 Å². The third-order valence-electron chi connectivity index (χ3n) is 2.23.